The number of hydrogen-bond acceptors (Lipinski definition) is 2. The largest absolute Gasteiger partial charge is 0.456 e. The highest BCUT2D eigenvalue weighted by atomic mass is 16.3. The van der Waals surface area contributed by atoms with E-state index in [2.05, 4.69) is 45.0 Å². The minimum atomic E-state index is 0.102. The van der Waals surface area contributed by atoms with Crippen LogP contribution in [-0.2, 0) is 5.41 Å². The molecule has 0 aliphatic carbocycles. The molecule has 0 N–H and O–H groups in total. The zero-order valence-electron chi connectivity index (χ0n) is 11.3. The van der Waals surface area contributed by atoms with E-state index in [4.69, 9.17) is 9.68 Å². The van der Waals surface area contributed by atoms with E-state index in [1.54, 1.807) is 6.07 Å². The van der Waals surface area contributed by atoms with Gasteiger partial charge in [-0.25, -0.2) is 0 Å². The third kappa shape index (κ3) is 1.88. The molecule has 0 fully saturated rings. The van der Waals surface area contributed by atoms with Crippen LogP contribution < -0.4 is 0 Å². The van der Waals surface area contributed by atoms with Crippen molar-refractivity contribution in [2.24, 2.45) is 0 Å². The van der Waals surface area contributed by atoms with Gasteiger partial charge in [0.25, 0.3) is 0 Å². The lowest BCUT2D eigenvalue weighted by atomic mass is 9.87. The Labute approximate surface area is 112 Å². The minimum absolute atomic E-state index is 0.102. The van der Waals surface area contributed by atoms with Crippen LogP contribution in [0.15, 0.2) is 40.8 Å². The molecule has 0 aliphatic rings. The van der Waals surface area contributed by atoms with Gasteiger partial charge in [-0.3, -0.25) is 0 Å². The number of rotatable bonds is 0. The van der Waals surface area contributed by atoms with Gasteiger partial charge in [0.15, 0.2) is 0 Å². The van der Waals surface area contributed by atoms with Gasteiger partial charge < -0.3 is 4.42 Å². The highest BCUT2D eigenvalue weighted by molar-refractivity contribution is 6.05. The topological polar surface area (TPSA) is 36.9 Å². The summed E-state index contributed by atoms with van der Waals surface area (Å²) in [7, 11) is 0. The van der Waals surface area contributed by atoms with E-state index in [0.717, 1.165) is 21.9 Å². The van der Waals surface area contributed by atoms with E-state index >= 15 is 0 Å². The quantitative estimate of drug-likeness (QED) is 0.576. The minimum Gasteiger partial charge on any atom is -0.456 e. The van der Waals surface area contributed by atoms with Gasteiger partial charge >= 0.3 is 0 Å². The Morgan fingerprint density at radius 1 is 0.947 bits per heavy atom. The van der Waals surface area contributed by atoms with E-state index in [9.17, 15) is 0 Å². The maximum Gasteiger partial charge on any atom is 0.136 e. The second kappa shape index (κ2) is 3.86. The molecule has 0 spiro atoms. The Morgan fingerprint density at radius 3 is 2.21 bits per heavy atom. The summed E-state index contributed by atoms with van der Waals surface area (Å²) < 4.78 is 5.88. The van der Waals surface area contributed by atoms with Crippen molar-refractivity contribution < 1.29 is 4.42 Å². The maximum atomic E-state index is 8.93. The number of hydrogen-bond donors (Lipinski definition) is 0. The average molecular weight is 249 g/mol. The monoisotopic (exact) mass is 249 g/mol. The molecule has 1 aromatic heterocycles. The maximum absolute atomic E-state index is 8.93. The lowest BCUT2D eigenvalue weighted by Crippen LogP contribution is -2.10. The molecule has 0 amide bonds. The van der Waals surface area contributed by atoms with Crippen LogP contribution in [0.4, 0.5) is 0 Å². The summed E-state index contributed by atoms with van der Waals surface area (Å²) in [6.45, 7) is 6.56. The van der Waals surface area contributed by atoms with Gasteiger partial charge in [-0.05, 0) is 35.2 Å². The molecule has 19 heavy (non-hydrogen) atoms. The molecule has 0 bridgehead atoms. The highest BCUT2D eigenvalue weighted by Gasteiger charge is 2.16. The first-order chi connectivity index (χ1) is 8.99. The fourth-order valence-electron chi connectivity index (χ4n) is 2.31. The first-order valence-corrected chi connectivity index (χ1v) is 6.36. The molecule has 0 unspecified atom stereocenters. The van der Waals surface area contributed by atoms with Crippen LogP contribution in [0.25, 0.3) is 21.9 Å². The number of nitriles is 1. The van der Waals surface area contributed by atoms with Crippen LogP contribution in [0, 0.1) is 11.3 Å². The van der Waals surface area contributed by atoms with Gasteiger partial charge in [-0.1, -0.05) is 32.9 Å². The van der Waals surface area contributed by atoms with Crippen molar-refractivity contribution in [3.8, 4) is 6.07 Å². The van der Waals surface area contributed by atoms with Gasteiger partial charge in [-0.2, -0.15) is 5.26 Å². The first-order valence-electron chi connectivity index (χ1n) is 6.36. The molecule has 0 aliphatic heterocycles. The van der Waals surface area contributed by atoms with Crippen LogP contribution in [-0.4, -0.2) is 0 Å². The summed E-state index contributed by atoms with van der Waals surface area (Å²) in [6.07, 6.45) is 0. The molecule has 1 heterocycles. The third-order valence-electron chi connectivity index (χ3n) is 3.47. The summed E-state index contributed by atoms with van der Waals surface area (Å²) >= 11 is 0. The van der Waals surface area contributed by atoms with Crippen molar-refractivity contribution in [2.75, 3.05) is 0 Å². The molecule has 3 rings (SSSR count). The standard InChI is InChI=1S/C17H15NO/c1-17(2,3)12-5-7-14-13-6-4-11(10-18)8-15(13)19-16(14)9-12/h4-9H,1-3H3. The Morgan fingerprint density at radius 2 is 1.58 bits per heavy atom. The van der Waals surface area contributed by atoms with Gasteiger partial charge in [-0.15, -0.1) is 0 Å². The molecule has 2 nitrogen and oxygen atoms in total. The summed E-state index contributed by atoms with van der Waals surface area (Å²) in [4.78, 5) is 0. The predicted octanol–water partition coefficient (Wildman–Crippen LogP) is 4.76. The lowest BCUT2D eigenvalue weighted by molar-refractivity contribution is 0.587. The second-order valence-corrected chi connectivity index (χ2v) is 5.89. The zero-order chi connectivity index (χ0) is 13.6. The molecule has 0 saturated heterocycles. The fraction of sp³-hybridized carbons (Fsp3) is 0.235. The predicted molar refractivity (Wildman–Crippen MR) is 77.1 cm³/mol. The lowest BCUT2D eigenvalue weighted by Gasteiger charge is -2.18. The number of benzene rings is 2. The number of fused-ring (bicyclic) bond motifs is 3. The smallest absolute Gasteiger partial charge is 0.136 e. The van der Waals surface area contributed by atoms with E-state index in [1.165, 1.54) is 5.56 Å². The molecular weight excluding hydrogens is 234 g/mol. The van der Waals surface area contributed by atoms with Crippen LogP contribution >= 0.6 is 0 Å². The second-order valence-electron chi connectivity index (χ2n) is 5.89. The van der Waals surface area contributed by atoms with E-state index < -0.39 is 0 Å². The highest BCUT2D eigenvalue weighted by Crippen LogP contribution is 2.32. The molecule has 2 aromatic carbocycles. The van der Waals surface area contributed by atoms with E-state index in [1.807, 2.05) is 12.1 Å². The molecular formula is C17H15NO. The van der Waals surface area contributed by atoms with Crippen molar-refractivity contribution >= 4 is 21.9 Å². The molecule has 94 valence electrons. The van der Waals surface area contributed by atoms with Gasteiger partial charge in [0, 0.05) is 10.8 Å². The SMILES string of the molecule is CC(C)(C)c1ccc2c(c1)oc1cc(C#N)ccc12. The van der Waals surface area contributed by atoms with E-state index in [0.29, 0.717) is 5.56 Å². The number of nitrogens with zero attached hydrogens (tertiary/aromatic N) is 1. The van der Waals surface area contributed by atoms with Crippen LogP contribution in [0.2, 0.25) is 0 Å². The van der Waals surface area contributed by atoms with Crippen LogP contribution in [0.5, 0.6) is 0 Å². The van der Waals surface area contributed by atoms with Crippen molar-refractivity contribution in [3.63, 3.8) is 0 Å². The summed E-state index contributed by atoms with van der Waals surface area (Å²) in [5.74, 6) is 0. The molecule has 0 atom stereocenters. The van der Waals surface area contributed by atoms with Gasteiger partial charge in [0.1, 0.15) is 11.2 Å². The van der Waals surface area contributed by atoms with Crippen LogP contribution in [0.3, 0.4) is 0 Å². The Bertz CT molecular complexity index is 813. The molecule has 2 heteroatoms. The Balaban J connectivity index is 2.31. The van der Waals surface area contributed by atoms with Crippen molar-refractivity contribution in [3.05, 3.63) is 47.5 Å². The Hall–Kier alpha value is -2.27. The average Bonchev–Trinajstić information content (AvgIpc) is 2.73. The zero-order valence-corrected chi connectivity index (χ0v) is 11.3. The van der Waals surface area contributed by atoms with Gasteiger partial charge in [0.05, 0.1) is 11.6 Å². The summed E-state index contributed by atoms with van der Waals surface area (Å²) in [5, 5.41) is 11.1. The number of furan rings is 1. The molecule has 3 aromatic rings. The Kier molecular flexibility index (Phi) is 2.40. The fourth-order valence-corrected chi connectivity index (χ4v) is 2.31. The first kappa shape index (κ1) is 11.8. The molecule has 0 saturated carbocycles. The van der Waals surface area contributed by atoms with Crippen molar-refractivity contribution in [1.29, 1.82) is 5.26 Å². The third-order valence-corrected chi connectivity index (χ3v) is 3.47. The van der Waals surface area contributed by atoms with Crippen LogP contribution in [0.1, 0.15) is 31.9 Å². The van der Waals surface area contributed by atoms with E-state index in [-0.39, 0.29) is 5.41 Å². The summed E-state index contributed by atoms with van der Waals surface area (Å²) in [6, 6.07) is 14.1. The van der Waals surface area contributed by atoms with Crippen molar-refractivity contribution in [1.82, 2.24) is 0 Å². The summed E-state index contributed by atoms with van der Waals surface area (Å²) in [5.41, 5.74) is 3.64. The normalized spacial score (nSPS) is 11.9. The van der Waals surface area contributed by atoms with Gasteiger partial charge in [0.2, 0.25) is 0 Å². The van der Waals surface area contributed by atoms with Crippen molar-refractivity contribution in [2.45, 2.75) is 26.2 Å². The molecule has 0 radical (unpaired) electrons.